The van der Waals surface area contributed by atoms with E-state index in [2.05, 4.69) is 4.72 Å². The first-order valence-electron chi connectivity index (χ1n) is 9.02. The molecule has 0 aliphatic carbocycles. The number of nitrogens with zero attached hydrogens (tertiary/aromatic N) is 1. The third-order valence-corrected chi connectivity index (χ3v) is 6.89. The minimum Gasteiger partial charge on any atom is -0.338 e. The molecule has 0 unspecified atom stereocenters. The van der Waals surface area contributed by atoms with Gasteiger partial charge in [-0.3, -0.25) is 4.79 Å². The highest BCUT2D eigenvalue weighted by Crippen LogP contribution is 2.24. The van der Waals surface area contributed by atoms with Crippen molar-refractivity contribution in [3.8, 4) is 0 Å². The number of carbonyl (C=O) groups is 1. The Morgan fingerprint density at radius 1 is 1.18 bits per heavy atom. The van der Waals surface area contributed by atoms with E-state index >= 15 is 0 Å². The van der Waals surface area contributed by atoms with Crippen LogP contribution in [0.25, 0.3) is 0 Å². The topological polar surface area (TPSA) is 66.5 Å². The van der Waals surface area contributed by atoms with Crippen LogP contribution in [0.3, 0.4) is 0 Å². The van der Waals surface area contributed by atoms with Crippen molar-refractivity contribution in [2.24, 2.45) is 0 Å². The van der Waals surface area contributed by atoms with Gasteiger partial charge in [0.1, 0.15) is 5.82 Å². The summed E-state index contributed by atoms with van der Waals surface area (Å²) in [5.74, 6) is -1.13. The number of amides is 1. The summed E-state index contributed by atoms with van der Waals surface area (Å²) in [6.45, 7) is 4.25. The molecule has 1 aliphatic rings. The average molecular weight is 425 g/mol. The molecule has 0 bridgehead atoms. The maximum Gasteiger partial charge on any atom is 0.258 e. The molecule has 28 heavy (non-hydrogen) atoms. The molecule has 0 aromatic heterocycles. The second-order valence-electron chi connectivity index (χ2n) is 7.05. The second-order valence-corrected chi connectivity index (χ2v) is 9.14. The van der Waals surface area contributed by atoms with E-state index in [1.807, 2.05) is 13.0 Å². The largest absolute Gasteiger partial charge is 0.338 e. The van der Waals surface area contributed by atoms with Crippen LogP contribution in [0.4, 0.5) is 4.39 Å². The first-order chi connectivity index (χ1) is 13.2. The van der Waals surface area contributed by atoms with Crippen LogP contribution in [-0.4, -0.2) is 38.4 Å². The number of hydrogen-bond acceptors (Lipinski definition) is 3. The molecule has 2 aromatic rings. The molecule has 150 valence electrons. The highest BCUT2D eigenvalue weighted by atomic mass is 35.5. The van der Waals surface area contributed by atoms with Gasteiger partial charge in [-0.05, 0) is 56.0 Å². The smallest absolute Gasteiger partial charge is 0.258 e. The Morgan fingerprint density at radius 3 is 2.50 bits per heavy atom. The lowest BCUT2D eigenvalue weighted by Crippen LogP contribution is -2.46. The van der Waals surface area contributed by atoms with Crippen molar-refractivity contribution in [3.05, 3.63) is 63.9 Å². The number of carbonyl (C=O) groups excluding carboxylic acids is 1. The van der Waals surface area contributed by atoms with Gasteiger partial charge in [-0.2, -0.15) is 0 Å². The number of halogens is 2. The summed E-state index contributed by atoms with van der Waals surface area (Å²) in [7, 11) is -3.65. The maximum atomic E-state index is 14.0. The van der Waals surface area contributed by atoms with Gasteiger partial charge in [-0.1, -0.05) is 29.8 Å². The lowest BCUT2D eigenvalue weighted by Gasteiger charge is -2.32. The summed E-state index contributed by atoms with van der Waals surface area (Å²) in [5.41, 5.74) is 1.41. The zero-order valence-corrected chi connectivity index (χ0v) is 17.3. The number of likely N-dealkylation sites (tertiary alicyclic amines) is 1. The fourth-order valence-corrected chi connectivity index (χ4v) is 5.22. The van der Waals surface area contributed by atoms with Crippen LogP contribution in [0.5, 0.6) is 0 Å². The van der Waals surface area contributed by atoms with Gasteiger partial charge in [0.05, 0.1) is 15.5 Å². The van der Waals surface area contributed by atoms with Gasteiger partial charge in [0.25, 0.3) is 5.91 Å². The van der Waals surface area contributed by atoms with E-state index < -0.39 is 21.7 Å². The molecule has 1 heterocycles. The molecular formula is C20H22ClFN2O3S. The van der Waals surface area contributed by atoms with Crippen molar-refractivity contribution in [1.82, 2.24) is 9.62 Å². The first-order valence-corrected chi connectivity index (χ1v) is 10.9. The monoisotopic (exact) mass is 424 g/mol. The van der Waals surface area contributed by atoms with Gasteiger partial charge in [-0.25, -0.2) is 17.5 Å². The van der Waals surface area contributed by atoms with Gasteiger partial charge in [0, 0.05) is 19.1 Å². The normalized spacial score (nSPS) is 15.6. The van der Waals surface area contributed by atoms with Crippen LogP contribution in [0.2, 0.25) is 5.02 Å². The molecule has 1 fully saturated rings. The number of nitrogens with one attached hydrogen (secondary N) is 1. The molecule has 5 nitrogen and oxygen atoms in total. The summed E-state index contributed by atoms with van der Waals surface area (Å²) in [6.07, 6.45) is 0.893. The lowest BCUT2D eigenvalue weighted by atomic mass is 10.0. The Balaban J connectivity index is 1.67. The predicted octanol–water partition coefficient (Wildman–Crippen LogP) is 3.68. The SMILES string of the molecule is Cc1ccc(C)c(S(=O)(=O)NC2CCN(C(=O)c3c(F)cccc3Cl)CC2)c1. The highest BCUT2D eigenvalue weighted by molar-refractivity contribution is 7.89. The highest BCUT2D eigenvalue weighted by Gasteiger charge is 2.29. The molecule has 3 rings (SSSR count). The molecule has 2 aromatic carbocycles. The van der Waals surface area contributed by atoms with E-state index in [1.165, 1.54) is 23.1 Å². The Bertz CT molecular complexity index is 982. The van der Waals surface area contributed by atoms with Gasteiger partial charge in [-0.15, -0.1) is 0 Å². The zero-order chi connectivity index (χ0) is 20.5. The van der Waals surface area contributed by atoms with Crippen molar-refractivity contribution in [1.29, 1.82) is 0 Å². The molecule has 0 atom stereocenters. The zero-order valence-electron chi connectivity index (χ0n) is 15.7. The van der Waals surface area contributed by atoms with Crippen LogP contribution in [-0.2, 0) is 10.0 Å². The van der Waals surface area contributed by atoms with Crippen LogP contribution in [0.15, 0.2) is 41.3 Å². The molecule has 0 radical (unpaired) electrons. The van der Waals surface area contributed by atoms with Gasteiger partial charge in [0.15, 0.2) is 0 Å². The molecule has 0 saturated carbocycles. The Labute approximate surface area is 169 Å². The molecule has 8 heteroatoms. The van der Waals surface area contributed by atoms with Gasteiger partial charge < -0.3 is 4.90 Å². The van der Waals surface area contributed by atoms with E-state index in [1.54, 1.807) is 19.1 Å². The third-order valence-electron chi connectivity index (χ3n) is 4.91. The fourth-order valence-electron chi connectivity index (χ4n) is 3.34. The third kappa shape index (κ3) is 4.37. The molecular weight excluding hydrogens is 403 g/mol. The maximum absolute atomic E-state index is 14.0. The standard InChI is InChI=1S/C20H22ClFN2O3S/c1-13-6-7-14(2)18(12-13)28(26,27)23-15-8-10-24(11-9-15)20(25)19-16(21)4-3-5-17(19)22/h3-7,12,15,23H,8-11H2,1-2H3. The lowest BCUT2D eigenvalue weighted by molar-refractivity contribution is 0.0707. The van der Waals surface area contributed by atoms with E-state index in [0.717, 1.165) is 5.56 Å². The minimum atomic E-state index is -3.65. The fraction of sp³-hybridized carbons (Fsp3) is 0.350. The molecule has 1 aliphatic heterocycles. The minimum absolute atomic E-state index is 0.0720. The number of rotatable bonds is 4. The number of sulfonamides is 1. The Hall–Kier alpha value is -1.96. The van der Waals surface area contributed by atoms with E-state index in [-0.39, 0.29) is 21.5 Å². The van der Waals surface area contributed by atoms with Crippen molar-refractivity contribution in [3.63, 3.8) is 0 Å². The predicted molar refractivity (Wildman–Crippen MR) is 107 cm³/mol. The number of piperidine rings is 1. The Kier molecular flexibility index (Phi) is 6.07. The summed E-state index contributed by atoms with van der Waals surface area (Å²) in [4.78, 5) is 14.4. The van der Waals surface area contributed by atoms with Crippen molar-refractivity contribution < 1.29 is 17.6 Å². The van der Waals surface area contributed by atoms with E-state index in [0.29, 0.717) is 31.5 Å². The molecule has 1 amide bonds. The van der Waals surface area contributed by atoms with Crippen LogP contribution < -0.4 is 4.72 Å². The quantitative estimate of drug-likeness (QED) is 0.814. The van der Waals surface area contributed by atoms with Gasteiger partial charge >= 0.3 is 0 Å². The average Bonchev–Trinajstić information content (AvgIpc) is 2.63. The van der Waals surface area contributed by atoms with Crippen molar-refractivity contribution in [2.45, 2.75) is 37.6 Å². The number of hydrogen-bond donors (Lipinski definition) is 1. The summed E-state index contributed by atoms with van der Waals surface area (Å²) in [5, 5.41) is 0.0720. The molecule has 1 N–H and O–H groups in total. The van der Waals surface area contributed by atoms with E-state index in [4.69, 9.17) is 11.6 Å². The van der Waals surface area contributed by atoms with Crippen LogP contribution in [0.1, 0.15) is 34.3 Å². The van der Waals surface area contributed by atoms with Crippen molar-refractivity contribution in [2.75, 3.05) is 13.1 Å². The van der Waals surface area contributed by atoms with Gasteiger partial charge in [0.2, 0.25) is 10.0 Å². The number of aryl methyl sites for hydroxylation is 2. The molecule has 1 saturated heterocycles. The first kappa shape index (κ1) is 20.8. The summed E-state index contributed by atoms with van der Waals surface area (Å²) < 4.78 is 42.2. The second kappa shape index (κ2) is 8.19. The summed E-state index contributed by atoms with van der Waals surface area (Å²) in [6, 6.07) is 9.13. The van der Waals surface area contributed by atoms with E-state index in [9.17, 15) is 17.6 Å². The van der Waals surface area contributed by atoms with Crippen LogP contribution >= 0.6 is 11.6 Å². The van der Waals surface area contributed by atoms with Crippen molar-refractivity contribution >= 4 is 27.5 Å². The summed E-state index contributed by atoms with van der Waals surface area (Å²) >= 11 is 5.98. The number of benzene rings is 2. The molecule has 0 spiro atoms. The van der Waals surface area contributed by atoms with Crippen LogP contribution in [0, 0.1) is 19.7 Å². The Morgan fingerprint density at radius 2 is 1.86 bits per heavy atom.